The van der Waals surface area contributed by atoms with E-state index < -0.39 is 29.7 Å². The van der Waals surface area contributed by atoms with E-state index in [9.17, 15) is 19.2 Å². The second-order valence-electron chi connectivity index (χ2n) is 8.25. The summed E-state index contributed by atoms with van der Waals surface area (Å²) in [7, 11) is 0. The Morgan fingerprint density at radius 2 is 1.88 bits per heavy atom. The molecule has 4 amide bonds. The number of fused-ring (bicyclic) bond motifs is 1. The number of carbonyl (C=O) groups excluding carboxylic acids is 4. The molecule has 12 heteroatoms. The van der Waals surface area contributed by atoms with Crippen LogP contribution in [0.2, 0.25) is 5.15 Å². The molecule has 11 nitrogen and oxygen atoms in total. The van der Waals surface area contributed by atoms with Gasteiger partial charge in [0.25, 0.3) is 11.8 Å². The molecule has 3 N–H and O–H groups in total. The first-order chi connectivity index (χ1) is 16.4. The highest BCUT2D eigenvalue weighted by atomic mass is 35.5. The zero-order valence-corrected chi connectivity index (χ0v) is 18.9. The molecule has 2 aromatic rings. The molecular formula is C22H22ClN7O4. The number of nitrogens with one attached hydrogen (secondary N) is 3. The van der Waals surface area contributed by atoms with Gasteiger partial charge in [0.2, 0.25) is 17.8 Å². The number of rotatable bonds is 5. The van der Waals surface area contributed by atoms with Crippen LogP contribution in [-0.2, 0) is 16.1 Å². The highest BCUT2D eigenvalue weighted by Gasteiger charge is 2.45. The number of anilines is 2. The molecule has 5 rings (SSSR count). The molecule has 0 aliphatic carbocycles. The van der Waals surface area contributed by atoms with Crippen LogP contribution in [-0.4, -0.2) is 70.7 Å². The first kappa shape index (κ1) is 22.2. The fraction of sp³-hybridized carbons (Fsp3) is 0.364. The molecule has 2 fully saturated rings. The van der Waals surface area contributed by atoms with Crippen LogP contribution in [0.3, 0.4) is 0 Å². The van der Waals surface area contributed by atoms with Crippen molar-refractivity contribution in [2.45, 2.75) is 25.4 Å². The van der Waals surface area contributed by atoms with Crippen molar-refractivity contribution in [2.24, 2.45) is 0 Å². The summed E-state index contributed by atoms with van der Waals surface area (Å²) in [4.78, 5) is 61.8. The number of amides is 4. The summed E-state index contributed by atoms with van der Waals surface area (Å²) in [5.74, 6) is -1.14. The Hall–Kier alpha value is -3.57. The van der Waals surface area contributed by atoms with Gasteiger partial charge in [0.15, 0.2) is 0 Å². The maximum atomic E-state index is 13.2. The van der Waals surface area contributed by atoms with Crippen LogP contribution in [0.5, 0.6) is 0 Å². The summed E-state index contributed by atoms with van der Waals surface area (Å²) in [6, 6.07) is 5.66. The third-order valence-corrected chi connectivity index (χ3v) is 6.31. The molecule has 1 aromatic carbocycles. The van der Waals surface area contributed by atoms with Gasteiger partial charge in [-0.05, 0) is 18.1 Å². The van der Waals surface area contributed by atoms with Crippen LogP contribution in [0.25, 0.3) is 0 Å². The van der Waals surface area contributed by atoms with E-state index in [4.69, 9.17) is 11.6 Å². The van der Waals surface area contributed by atoms with Gasteiger partial charge in [-0.1, -0.05) is 23.7 Å². The van der Waals surface area contributed by atoms with E-state index in [1.165, 1.54) is 0 Å². The number of imide groups is 2. The molecule has 1 unspecified atom stereocenters. The Balaban J connectivity index is 1.37. The second-order valence-corrected chi connectivity index (χ2v) is 8.64. The predicted molar refractivity (Wildman–Crippen MR) is 123 cm³/mol. The highest BCUT2D eigenvalue weighted by Crippen LogP contribution is 2.30. The fourth-order valence-corrected chi connectivity index (χ4v) is 4.62. The molecule has 1 aromatic heterocycles. The van der Waals surface area contributed by atoms with Gasteiger partial charge in [0.05, 0.1) is 11.1 Å². The van der Waals surface area contributed by atoms with E-state index in [1.807, 2.05) is 0 Å². The Bertz CT molecular complexity index is 1200. The molecule has 1 atom stereocenters. The normalized spacial score (nSPS) is 20.4. The van der Waals surface area contributed by atoms with Gasteiger partial charge < -0.3 is 15.5 Å². The number of aromatic nitrogens is 2. The smallest absolute Gasteiger partial charge is 0.262 e. The average Bonchev–Trinajstić information content (AvgIpc) is 3.08. The van der Waals surface area contributed by atoms with Gasteiger partial charge in [-0.25, -0.2) is 4.98 Å². The van der Waals surface area contributed by atoms with Crippen LogP contribution in [0.15, 0.2) is 24.3 Å². The van der Waals surface area contributed by atoms with Gasteiger partial charge in [0, 0.05) is 45.2 Å². The standard InChI is InChI=1S/C22H22ClN7O4/c23-15-10-16(29-8-6-24-7-9-29)27-22(26-15)25-11-12-2-1-3-13-18(12)21(34)30(20(13)33)14-4-5-17(31)28-19(14)32/h1-3,10,14,24H,4-9,11H2,(H,25,26,27)(H,28,31,32). The third kappa shape index (κ3) is 4.08. The zero-order chi connectivity index (χ0) is 23.8. The molecule has 3 aliphatic heterocycles. The van der Waals surface area contributed by atoms with E-state index in [-0.39, 0.29) is 30.5 Å². The molecule has 3 aliphatic rings. The third-order valence-electron chi connectivity index (χ3n) is 6.11. The van der Waals surface area contributed by atoms with E-state index in [2.05, 4.69) is 30.8 Å². The van der Waals surface area contributed by atoms with Crippen molar-refractivity contribution in [3.63, 3.8) is 0 Å². The summed E-state index contributed by atoms with van der Waals surface area (Å²) in [6.07, 6.45) is 0.175. The number of carbonyl (C=O) groups is 4. The molecule has 176 valence electrons. The van der Waals surface area contributed by atoms with Crippen molar-refractivity contribution in [1.29, 1.82) is 0 Å². The number of hydrogen-bond donors (Lipinski definition) is 3. The van der Waals surface area contributed by atoms with E-state index >= 15 is 0 Å². The van der Waals surface area contributed by atoms with Crippen LogP contribution in [0, 0.1) is 0 Å². The Morgan fingerprint density at radius 1 is 1.09 bits per heavy atom. The van der Waals surface area contributed by atoms with Crippen molar-refractivity contribution >= 4 is 47.0 Å². The van der Waals surface area contributed by atoms with Crippen molar-refractivity contribution in [2.75, 3.05) is 36.4 Å². The molecule has 2 saturated heterocycles. The van der Waals surface area contributed by atoms with Crippen LogP contribution >= 0.6 is 11.6 Å². The topological polar surface area (TPSA) is 137 Å². The van der Waals surface area contributed by atoms with Crippen molar-refractivity contribution in [3.8, 4) is 0 Å². The molecule has 0 saturated carbocycles. The Kier molecular flexibility index (Phi) is 5.88. The maximum Gasteiger partial charge on any atom is 0.262 e. The summed E-state index contributed by atoms with van der Waals surface area (Å²) in [5, 5.41) is 8.88. The monoisotopic (exact) mass is 483 g/mol. The minimum absolute atomic E-state index is 0.0692. The van der Waals surface area contributed by atoms with Gasteiger partial charge in [-0.3, -0.25) is 29.4 Å². The summed E-state index contributed by atoms with van der Waals surface area (Å²) in [5.41, 5.74) is 1.02. The molecule has 0 bridgehead atoms. The lowest BCUT2D eigenvalue weighted by Gasteiger charge is -2.28. The molecule has 0 radical (unpaired) electrons. The lowest BCUT2D eigenvalue weighted by molar-refractivity contribution is -0.136. The number of nitrogens with zero attached hydrogens (tertiary/aromatic N) is 4. The van der Waals surface area contributed by atoms with Crippen LogP contribution in [0.4, 0.5) is 11.8 Å². The van der Waals surface area contributed by atoms with Gasteiger partial charge in [-0.2, -0.15) is 4.98 Å². The van der Waals surface area contributed by atoms with E-state index in [1.54, 1.807) is 24.3 Å². The van der Waals surface area contributed by atoms with Crippen molar-refractivity contribution < 1.29 is 19.2 Å². The molecule has 34 heavy (non-hydrogen) atoms. The first-order valence-electron chi connectivity index (χ1n) is 11.0. The predicted octanol–water partition coefficient (Wildman–Crippen LogP) is 0.553. The Labute approximate surface area is 199 Å². The number of hydrogen-bond acceptors (Lipinski definition) is 9. The minimum atomic E-state index is -1.01. The maximum absolute atomic E-state index is 13.2. The van der Waals surface area contributed by atoms with Crippen LogP contribution < -0.4 is 20.9 Å². The summed E-state index contributed by atoms with van der Waals surface area (Å²) in [6.45, 7) is 3.46. The first-order valence-corrected chi connectivity index (χ1v) is 11.4. The zero-order valence-electron chi connectivity index (χ0n) is 18.1. The Morgan fingerprint density at radius 3 is 2.65 bits per heavy atom. The van der Waals surface area contributed by atoms with Gasteiger partial charge >= 0.3 is 0 Å². The lowest BCUT2D eigenvalue weighted by atomic mass is 10.0. The van der Waals surface area contributed by atoms with E-state index in [0.717, 1.165) is 31.1 Å². The molecule has 4 heterocycles. The average molecular weight is 484 g/mol. The SMILES string of the molecule is O=C1CCC(N2C(=O)c3cccc(CNc4nc(Cl)cc(N5CCNCC5)n4)c3C2=O)C(=O)N1. The molecular weight excluding hydrogens is 462 g/mol. The number of piperazine rings is 1. The van der Waals surface area contributed by atoms with Gasteiger partial charge in [-0.15, -0.1) is 0 Å². The molecule has 0 spiro atoms. The van der Waals surface area contributed by atoms with Crippen molar-refractivity contribution in [1.82, 2.24) is 25.5 Å². The lowest BCUT2D eigenvalue weighted by Crippen LogP contribution is -2.54. The highest BCUT2D eigenvalue weighted by molar-refractivity contribution is 6.29. The van der Waals surface area contributed by atoms with Gasteiger partial charge in [0.1, 0.15) is 17.0 Å². The van der Waals surface area contributed by atoms with Crippen molar-refractivity contribution in [3.05, 3.63) is 46.1 Å². The summed E-state index contributed by atoms with van der Waals surface area (Å²) >= 11 is 6.22. The number of halogens is 1. The minimum Gasteiger partial charge on any atom is -0.354 e. The largest absolute Gasteiger partial charge is 0.354 e. The number of benzene rings is 1. The van der Waals surface area contributed by atoms with E-state index in [0.29, 0.717) is 22.5 Å². The summed E-state index contributed by atoms with van der Waals surface area (Å²) < 4.78 is 0. The number of piperidine rings is 1. The quantitative estimate of drug-likeness (QED) is 0.411. The second kappa shape index (κ2) is 8.99. The van der Waals surface area contributed by atoms with Crippen LogP contribution in [0.1, 0.15) is 39.1 Å². The fourth-order valence-electron chi connectivity index (χ4n) is 4.45.